The monoisotopic (exact) mass is 281 g/mol. The minimum Gasteiger partial charge on any atom is -0.466 e. The maximum Gasteiger partial charge on any atom is 0.333 e. The van der Waals surface area contributed by atoms with Gasteiger partial charge < -0.3 is 14.8 Å². The van der Waals surface area contributed by atoms with E-state index in [9.17, 15) is 9.59 Å². The summed E-state index contributed by atoms with van der Waals surface area (Å²) < 4.78 is 10.6. The van der Waals surface area contributed by atoms with Crippen LogP contribution in [0.2, 0.25) is 0 Å². The molecule has 0 saturated heterocycles. The molecule has 20 heavy (non-hydrogen) atoms. The topological polar surface area (TPSA) is 64.6 Å². The van der Waals surface area contributed by atoms with Crippen LogP contribution in [0.1, 0.15) is 27.2 Å². The third kappa shape index (κ3) is 4.20. The van der Waals surface area contributed by atoms with Gasteiger partial charge >= 0.3 is 5.97 Å². The van der Waals surface area contributed by atoms with E-state index in [0.29, 0.717) is 12.0 Å². The first kappa shape index (κ1) is 16.4. The molecule has 0 bridgehead atoms. The quantitative estimate of drug-likeness (QED) is 0.614. The number of methoxy groups -OCH3 is 1. The summed E-state index contributed by atoms with van der Waals surface area (Å²) in [5.74, 6) is -0.657. The van der Waals surface area contributed by atoms with Crippen LogP contribution in [0, 0.1) is 5.92 Å². The van der Waals surface area contributed by atoms with Crippen molar-refractivity contribution < 1.29 is 19.1 Å². The number of carbonyl (C=O) groups is 2. The van der Waals surface area contributed by atoms with Gasteiger partial charge in [0.25, 0.3) is 0 Å². The summed E-state index contributed by atoms with van der Waals surface area (Å²) in [5, 5.41) is 2.88. The molecule has 0 aliphatic heterocycles. The van der Waals surface area contributed by atoms with Gasteiger partial charge in [0.05, 0.1) is 25.4 Å². The molecule has 0 aromatic rings. The van der Waals surface area contributed by atoms with Crippen molar-refractivity contribution in [2.24, 2.45) is 5.92 Å². The van der Waals surface area contributed by atoms with Crippen molar-refractivity contribution in [3.8, 4) is 0 Å². The van der Waals surface area contributed by atoms with Crippen LogP contribution in [0.4, 0.5) is 0 Å². The number of rotatable bonds is 5. The van der Waals surface area contributed by atoms with Crippen LogP contribution < -0.4 is 5.32 Å². The summed E-state index contributed by atoms with van der Waals surface area (Å²) in [4.78, 5) is 23.1. The van der Waals surface area contributed by atoms with E-state index >= 15 is 0 Å². The van der Waals surface area contributed by atoms with E-state index < -0.39 is 0 Å². The number of esters is 1. The minimum absolute atomic E-state index is 0.00118. The average Bonchev–Trinajstić information content (AvgIpc) is 2.38. The highest BCUT2D eigenvalue weighted by Crippen LogP contribution is 2.28. The maximum absolute atomic E-state index is 11.7. The molecular formula is C15H23NO4. The fourth-order valence-electron chi connectivity index (χ4n) is 2.40. The standard InChI is InChI=1S/C15H23NO4/c1-6-11-7-12(15(18)19-5)8-13(20-9(2)3)14(11)16-10(4)17/h6-7,9,11,13-14H,1,8H2,2-5H3,(H,16,17)/t11-,13+,14+/m0/s1. The molecule has 0 aromatic heterocycles. The van der Waals surface area contributed by atoms with Gasteiger partial charge in [-0.25, -0.2) is 4.79 Å². The van der Waals surface area contributed by atoms with Crippen molar-refractivity contribution in [1.82, 2.24) is 5.32 Å². The van der Waals surface area contributed by atoms with E-state index in [0.717, 1.165) is 0 Å². The minimum atomic E-state index is -0.365. The summed E-state index contributed by atoms with van der Waals surface area (Å²) in [6.07, 6.45) is 3.64. The zero-order valence-corrected chi connectivity index (χ0v) is 12.5. The van der Waals surface area contributed by atoms with Crippen LogP contribution in [0.15, 0.2) is 24.3 Å². The van der Waals surface area contributed by atoms with Gasteiger partial charge in [-0.1, -0.05) is 12.2 Å². The molecule has 1 amide bonds. The zero-order valence-electron chi connectivity index (χ0n) is 12.5. The second-order valence-electron chi connectivity index (χ2n) is 5.15. The van der Waals surface area contributed by atoms with Crippen LogP contribution in [-0.4, -0.2) is 37.2 Å². The van der Waals surface area contributed by atoms with Gasteiger partial charge in [0.15, 0.2) is 0 Å². The molecule has 1 aliphatic rings. The Kier molecular flexibility index (Phi) is 5.95. The number of hydrogen-bond acceptors (Lipinski definition) is 4. The van der Waals surface area contributed by atoms with Gasteiger partial charge in [0.2, 0.25) is 5.91 Å². The predicted octanol–water partition coefficient (Wildman–Crippen LogP) is 1.59. The lowest BCUT2D eigenvalue weighted by molar-refractivity contribution is -0.137. The van der Waals surface area contributed by atoms with E-state index in [2.05, 4.69) is 11.9 Å². The molecule has 1 N–H and O–H groups in total. The van der Waals surface area contributed by atoms with E-state index in [4.69, 9.17) is 9.47 Å². The highest BCUT2D eigenvalue weighted by atomic mass is 16.5. The lowest BCUT2D eigenvalue weighted by atomic mass is 9.83. The van der Waals surface area contributed by atoms with Crippen molar-refractivity contribution in [3.05, 3.63) is 24.3 Å². The second-order valence-corrected chi connectivity index (χ2v) is 5.15. The molecule has 0 aromatic carbocycles. The first-order chi connectivity index (χ1) is 9.38. The van der Waals surface area contributed by atoms with Crippen molar-refractivity contribution in [2.75, 3.05) is 7.11 Å². The molecular weight excluding hydrogens is 258 g/mol. The number of carbonyl (C=O) groups excluding carboxylic acids is 2. The summed E-state index contributed by atoms with van der Waals surface area (Å²) in [6, 6.07) is -0.221. The molecule has 0 unspecified atom stereocenters. The molecule has 1 aliphatic carbocycles. The van der Waals surface area contributed by atoms with E-state index in [1.54, 1.807) is 12.2 Å². The van der Waals surface area contributed by atoms with Gasteiger partial charge in [0.1, 0.15) is 0 Å². The lowest BCUT2D eigenvalue weighted by Gasteiger charge is -2.36. The molecule has 112 valence electrons. The largest absolute Gasteiger partial charge is 0.466 e. The van der Waals surface area contributed by atoms with Crippen LogP contribution in [0.3, 0.4) is 0 Å². The molecule has 3 atom stereocenters. The molecule has 5 nitrogen and oxygen atoms in total. The molecule has 0 radical (unpaired) electrons. The zero-order chi connectivity index (χ0) is 15.3. The van der Waals surface area contributed by atoms with E-state index in [1.165, 1.54) is 14.0 Å². The average molecular weight is 281 g/mol. The van der Waals surface area contributed by atoms with Crippen LogP contribution in [0.5, 0.6) is 0 Å². The molecule has 5 heteroatoms. The molecule has 0 saturated carbocycles. The van der Waals surface area contributed by atoms with Gasteiger partial charge in [-0.15, -0.1) is 6.58 Å². The Labute approximate surface area is 120 Å². The Hall–Kier alpha value is -1.62. The van der Waals surface area contributed by atoms with Crippen molar-refractivity contribution >= 4 is 11.9 Å². The highest BCUT2D eigenvalue weighted by Gasteiger charge is 2.35. The molecule has 1 rings (SSSR count). The first-order valence-corrected chi connectivity index (χ1v) is 6.73. The normalized spacial score (nSPS) is 25.9. The number of nitrogens with one attached hydrogen (secondary N) is 1. The van der Waals surface area contributed by atoms with Crippen LogP contribution in [0.25, 0.3) is 0 Å². The fraction of sp³-hybridized carbons (Fsp3) is 0.600. The van der Waals surface area contributed by atoms with Crippen molar-refractivity contribution in [3.63, 3.8) is 0 Å². The third-order valence-corrected chi connectivity index (χ3v) is 3.17. The molecule has 0 spiro atoms. The lowest BCUT2D eigenvalue weighted by Crippen LogP contribution is -2.50. The smallest absolute Gasteiger partial charge is 0.333 e. The summed E-state index contributed by atoms with van der Waals surface area (Å²) >= 11 is 0. The number of amides is 1. The van der Waals surface area contributed by atoms with Crippen molar-refractivity contribution in [2.45, 2.75) is 45.4 Å². The third-order valence-electron chi connectivity index (χ3n) is 3.17. The molecule has 0 fully saturated rings. The van der Waals surface area contributed by atoms with E-state index in [-0.39, 0.29) is 36.0 Å². The SMILES string of the molecule is C=C[C@H]1C=C(C(=O)OC)C[C@@H](OC(C)C)[C@@H]1NC(C)=O. The molecule has 0 heterocycles. The summed E-state index contributed by atoms with van der Waals surface area (Å²) in [6.45, 7) is 9.08. The van der Waals surface area contributed by atoms with Gasteiger partial charge in [-0.2, -0.15) is 0 Å². The maximum atomic E-state index is 11.7. The predicted molar refractivity (Wildman–Crippen MR) is 76.0 cm³/mol. The van der Waals surface area contributed by atoms with Crippen LogP contribution >= 0.6 is 0 Å². The summed E-state index contributed by atoms with van der Waals surface area (Å²) in [5.41, 5.74) is 0.560. The van der Waals surface area contributed by atoms with Gasteiger partial charge in [-0.05, 0) is 13.8 Å². The van der Waals surface area contributed by atoms with Crippen molar-refractivity contribution in [1.29, 1.82) is 0 Å². The van der Waals surface area contributed by atoms with E-state index in [1.807, 2.05) is 13.8 Å². The number of ether oxygens (including phenoxy) is 2. The van der Waals surface area contributed by atoms with Gasteiger partial charge in [0, 0.05) is 24.8 Å². The Morgan fingerprint density at radius 2 is 2.15 bits per heavy atom. The Morgan fingerprint density at radius 3 is 2.60 bits per heavy atom. The van der Waals surface area contributed by atoms with Gasteiger partial charge in [-0.3, -0.25) is 4.79 Å². The number of hydrogen-bond donors (Lipinski definition) is 1. The fourth-order valence-corrected chi connectivity index (χ4v) is 2.40. The summed E-state index contributed by atoms with van der Waals surface area (Å²) in [7, 11) is 1.35. The Bertz CT molecular complexity index is 414. The Morgan fingerprint density at radius 1 is 1.50 bits per heavy atom. The first-order valence-electron chi connectivity index (χ1n) is 6.73. The highest BCUT2D eigenvalue weighted by molar-refractivity contribution is 5.89. The van der Waals surface area contributed by atoms with Crippen LogP contribution in [-0.2, 0) is 19.1 Å². The Balaban J connectivity index is 3.04. The second kappa shape index (κ2) is 7.24.